The predicted molar refractivity (Wildman–Crippen MR) is 125 cm³/mol. The van der Waals surface area contributed by atoms with Gasteiger partial charge in [0.1, 0.15) is 10.8 Å². The van der Waals surface area contributed by atoms with Gasteiger partial charge in [0, 0.05) is 18.0 Å². The lowest BCUT2D eigenvalue weighted by atomic mass is 9.88. The topological polar surface area (TPSA) is 102 Å². The smallest absolute Gasteiger partial charge is 0.341 e. The second kappa shape index (κ2) is 10.1. The van der Waals surface area contributed by atoms with Crippen molar-refractivity contribution in [1.29, 1.82) is 0 Å². The number of hydrogen-bond acceptors (Lipinski definition) is 7. The standard InChI is InChI=1S/C23H27FN2O6S2/c1-3-32-23(28)20-16-6-4-14(2)12-19(16)33-22(20)25-21(27)17-13-15(5-7-18(17)24)34(29,30)26-8-10-31-11-9-26/h5,7,13-14H,3-4,6,8-12H2,1-2H3,(H,25,27)/t14-/m1/s1. The maximum absolute atomic E-state index is 14.6. The molecule has 2 heterocycles. The fraction of sp³-hybridized carbons (Fsp3) is 0.478. The molecule has 34 heavy (non-hydrogen) atoms. The van der Waals surface area contributed by atoms with Crippen LogP contribution in [0.3, 0.4) is 0 Å². The summed E-state index contributed by atoms with van der Waals surface area (Å²) >= 11 is 1.29. The Kier molecular flexibility index (Phi) is 7.36. The zero-order valence-corrected chi connectivity index (χ0v) is 20.7. The first-order valence-electron chi connectivity index (χ1n) is 11.2. The molecule has 1 aliphatic carbocycles. The molecule has 0 saturated carbocycles. The van der Waals surface area contributed by atoms with Crippen molar-refractivity contribution < 1.29 is 31.9 Å². The van der Waals surface area contributed by atoms with Gasteiger partial charge in [-0.15, -0.1) is 11.3 Å². The minimum absolute atomic E-state index is 0.175. The number of morpholine rings is 1. The van der Waals surface area contributed by atoms with Crippen LogP contribution in [0.25, 0.3) is 0 Å². The van der Waals surface area contributed by atoms with E-state index in [4.69, 9.17) is 9.47 Å². The highest BCUT2D eigenvalue weighted by atomic mass is 32.2. The quantitative estimate of drug-likeness (QED) is 0.597. The highest BCUT2D eigenvalue weighted by molar-refractivity contribution is 7.89. The number of thiophene rings is 1. The van der Waals surface area contributed by atoms with Gasteiger partial charge in [-0.2, -0.15) is 4.31 Å². The number of rotatable bonds is 6. The third-order valence-electron chi connectivity index (χ3n) is 6.01. The Labute approximate surface area is 202 Å². The lowest BCUT2D eigenvalue weighted by Gasteiger charge is -2.26. The number of halogens is 1. The van der Waals surface area contributed by atoms with Gasteiger partial charge in [0.2, 0.25) is 10.0 Å². The van der Waals surface area contributed by atoms with E-state index >= 15 is 0 Å². The lowest BCUT2D eigenvalue weighted by Crippen LogP contribution is -2.40. The highest BCUT2D eigenvalue weighted by Gasteiger charge is 2.31. The molecule has 1 aromatic heterocycles. The monoisotopic (exact) mass is 510 g/mol. The van der Waals surface area contributed by atoms with E-state index in [1.54, 1.807) is 6.92 Å². The summed E-state index contributed by atoms with van der Waals surface area (Å²) in [7, 11) is -3.91. The molecule has 0 radical (unpaired) electrons. The molecule has 1 aromatic carbocycles. The molecule has 0 unspecified atom stereocenters. The molecule has 0 spiro atoms. The SMILES string of the molecule is CCOC(=O)c1c(NC(=O)c2cc(S(=O)(=O)N3CCOCC3)ccc2F)sc2c1CC[C@@H](C)C2. The van der Waals surface area contributed by atoms with Gasteiger partial charge in [-0.1, -0.05) is 6.92 Å². The molecule has 1 amide bonds. The molecule has 1 N–H and O–H groups in total. The first-order valence-corrected chi connectivity index (χ1v) is 13.5. The van der Waals surface area contributed by atoms with Gasteiger partial charge >= 0.3 is 5.97 Å². The van der Waals surface area contributed by atoms with Gasteiger partial charge in [0.15, 0.2) is 0 Å². The van der Waals surface area contributed by atoms with E-state index in [9.17, 15) is 22.4 Å². The number of carbonyl (C=O) groups excluding carboxylic acids is 2. The molecule has 1 atom stereocenters. The van der Waals surface area contributed by atoms with E-state index in [-0.39, 0.29) is 37.8 Å². The van der Waals surface area contributed by atoms with Crippen LogP contribution >= 0.6 is 11.3 Å². The van der Waals surface area contributed by atoms with Gasteiger partial charge in [0.25, 0.3) is 5.91 Å². The van der Waals surface area contributed by atoms with Crippen molar-refractivity contribution in [3.05, 3.63) is 45.6 Å². The summed E-state index contributed by atoms with van der Waals surface area (Å²) in [6.45, 7) is 4.92. The van der Waals surface area contributed by atoms with Crippen LogP contribution in [-0.4, -0.2) is 57.5 Å². The molecule has 11 heteroatoms. The van der Waals surface area contributed by atoms with Crippen LogP contribution in [0.15, 0.2) is 23.1 Å². The van der Waals surface area contributed by atoms with Crippen molar-refractivity contribution in [3.8, 4) is 0 Å². The normalized spacial score (nSPS) is 18.9. The van der Waals surface area contributed by atoms with E-state index in [0.29, 0.717) is 22.9 Å². The van der Waals surface area contributed by atoms with Crippen molar-refractivity contribution in [2.45, 2.75) is 38.0 Å². The third-order valence-corrected chi connectivity index (χ3v) is 9.07. The van der Waals surface area contributed by atoms with Crippen LogP contribution in [0.5, 0.6) is 0 Å². The second-order valence-electron chi connectivity index (χ2n) is 8.39. The molecule has 1 fully saturated rings. The average Bonchev–Trinajstić information content (AvgIpc) is 3.16. The zero-order valence-electron chi connectivity index (χ0n) is 19.1. The predicted octanol–water partition coefficient (Wildman–Crippen LogP) is 3.46. The Hall–Kier alpha value is -2.34. The zero-order chi connectivity index (χ0) is 24.5. The summed E-state index contributed by atoms with van der Waals surface area (Å²) < 4.78 is 52.2. The van der Waals surface area contributed by atoms with E-state index in [2.05, 4.69) is 12.2 Å². The van der Waals surface area contributed by atoms with Gasteiger partial charge in [-0.25, -0.2) is 17.6 Å². The summed E-state index contributed by atoms with van der Waals surface area (Å²) in [5.74, 6) is -1.77. The number of anilines is 1. The van der Waals surface area contributed by atoms with Crippen LogP contribution in [0, 0.1) is 11.7 Å². The molecule has 8 nitrogen and oxygen atoms in total. The van der Waals surface area contributed by atoms with Crippen molar-refractivity contribution >= 4 is 38.2 Å². The van der Waals surface area contributed by atoms with Crippen molar-refractivity contribution in [3.63, 3.8) is 0 Å². The van der Waals surface area contributed by atoms with Crippen LogP contribution in [0.2, 0.25) is 0 Å². The Bertz CT molecular complexity index is 1200. The number of sulfonamides is 1. The lowest BCUT2D eigenvalue weighted by molar-refractivity contribution is 0.0526. The fourth-order valence-electron chi connectivity index (χ4n) is 4.20. The highest BCUT2D eigenvalue weighted by Crippen LogP contribution is 2.40. The van der Waals surface area contributed by atoms with Crippen LogP contribution in [0.1, 0.15) is 51.4 Å². The summed E-state index contributed by atoms with van der Waals surface area (Å²) in [5, 5.41) is 2.94. The Morgan fingerprint density at radius 1 is 1.29 bits per heavy atom. The minimum Gasteiger partial charge on any atom is -0.462 e. The van der Waals surface area contributed by atoms with Crippen molar-refractivity contribution in [2.75, 3.05) is 38.2 Å². The Morgan fingerprint density at radius 3 is 2.74 bits per heavy atom. The van der Waals surface area contributed by atoms with E-state index in [1.807, 2.05) is 0 Å². The van der Waals surface area contributed by atoms with E-state index < -0.39 is 33.3 Å². The molecular weight excluding hydrogens is 483 g/mol. The largest absolute Gasteiger partial charge is 0.462 e. The molecule has 0 bridgehead atoms. The molecule has 4 rings (SSSR count). The molecule has 1 aliphatic heterocycles. The van der Waals surface area contributed by atoms with E-state index in [0.717, 1.165) is 41.5 Å². The average molecular weight is 511 g/mol. The Balaban J connectivity index is 1.66. The summed E-state index contributed by atoms with van der Waals surface area (Å²) in [5.41, 5.74) is 0.754. The summed E-state index contributed by atoms with van der Waals surface area (Å²) in [6.07, 6.45) is 2.39. The van der Waals surface area contributed by atoms with E-state index in [1.165, 1.54) is 15.6 Å². The van der Waals surface area contributed by atoms with Gasteiger partial charge < -0.3 is 14.8 Å². The molecule has 184 valence electrons. The second-order valence-corrected chi connectivity index (χ2v) is 11.4. The van der Waals surface area contributed by atoms with Gasteiger partial charge in [-0.05, 0) is 55.9 Å². The minimum atomic E-state index is -3.91. The number of ether oxygens (including phenoxy) is 2. The van der Waals surface area contributed by atoms with Crippen LogP contribution < -0.4 is 5.32 Å². The summed E-state index contributed by atoms with van der Waals surface area (Å²) in [6, 6.07) is 3.15. The Morgan fingerprint density at radius 2 is 2.03 bits per heavy atom. The first kappa shape index (κ1) is 24.8. The number of carbonyl (C=O) groups is 2. The maximum atomic E-state index is 14.6. The molecular formula is C23H27FN2O6S2. The number of benzene rings is 1. The maximum Gasteiger partial charge on any atom is 0.341 e. The molecule has 2 aromatic rings. The van der Waals surface area contributed by atoms with Gasteiger partial charge in [-0.3, -0.25) is 4.79 Å². The molecule has 1 saturated heterocycles. The first-order chi connectivity index (χ1) is 16.2. The molecule has 2 aliphatic rings. The number of nitrogens with zero attached hydrogens (tertiary/aromatic N) is 1. The van der Waals surface area contributed by atoms with Crippen molar-refractivity contribution in [2.24, 2.45) is 5.92 Å². The number of hydrogen-bond donors (Lipinski definition) is 1. The fourth-order valence-corrected chi connectivity index (χ4v) is 7.03. The van der Waals surface area contributed by atoms with Crippen molar-refractivity contribution in [1.82, 2.24) is 4.31 Å². The number of nitrogens with one attached hydrogen (secondary N) is 1. The summed E-state index contributed by atoms with van der Waals surface area (Å²) in [4.78, 5) is 26.6. The van der Waals surface area contributed by atoms with Gasteiger partial charge in [0.05, 0.1) is 35.8 Å². The van der Waals surface area contributed by atoms with Crippen LogP contribution in [-0.2, 0) is 32.3 Å². The number of fused-ring (bicyclic) bond motifs is 1. The number of amides is 1. The number of esters is 1. The van der Waals surface area contributed by atoms with Crippen LogP contribution in [0.4, 0.5) is 9.39 Å². The third kappa shape index (κ3) is 4.88.